The van der Waals surface area contributed by atoms with E-state index in [2.05, 4.69) is 4.98 Å². The third-order valence-corrected chi connectivity index (χ3v) is 5.00. The van der Waals surface area contributed by atoms with Gasteiger partial charge in [0.2, 0.25) is 0 Å². The number of nitrogens with zero attached hydrogens (tertiary/aromatic N) is 2. The molecule has 0 spiro atoms. The standard InChI is InChI=1S/C21H18N2O4S/c1-2-26-21(25)16-5-3-4-14(8-16)10-23-18-9-15(17-12-28-13-22-17)6-7-19(18)27-11-20(23)24/h3-9,12-13H,2,10-11H2,1H3. The van der Waals surface area contributed by atoms with Crippen molar-refractivity contribution in [2.24, 2.45) is 0 Å². The molecule has 0 saturated heterocycles. The van der Waals surface area contributed by atoms with Gasteiger partial charge in [0.25, 0.3) is 5.91 Å². The van der Waals surface area contributed by atoms with E-state index in [-0.39, 0.29) is 18.5 Å². The summed E-state index contributed by atoms with van der Waals surface area (Å²) in [7, 11) is 0. The first kappa shape index (κ1) is 18.2. The number of amides is 1. The van der Waals surface area contributed by atoms with Gasteiger partial charge < -0.3 is 14.4 Å². The molecular formula is C21H18N2O4S. The Bertz CT molecular complexity index is 1020. The Kier molecular flexibility index (Phi) is 5.08. The average Bonchev–Trinajstić information content (AvgIpc) is 3.25. The van der Waals surface area contributed by atoms with Gasteiger partial charge in [0.1, 0.15) is 5.75 Å². The van der Waals surface area contributed by atoms with Crippen molar-refractivity contribution >= 4 is 28.9 Å². The van der Waals surface area contributed by atoms with Crippen LogP contribution in [0.3, 0.4) is 0 Å². The fraction of sp³-hybridized carbons (Fsp3) is 0.190. The predicted octanol–water partition coefficient (Wildman–Crippen LogP) is 3.91. The molecule has 0 unspecified atom stereocenters. The molecule has 4 rings (SSSR count). The summed E-state index contributed by atoms with van der Waals surface area (Å²) >= 11 is 1.52. The monoisotopic (exact) mass is 394 g/mol. The van der Waals surface area contributed by atoms with E-state index in [0.29, 0.717) is 30.2 Å². The Hall–Kier alpha value is -3.19. The zero-order valence-electron chi connectivity index (χ0n) is 15.3. The van der Waals surface area contributed by atoms with Crippen LogP contribution in [0.1, 0.15) is 22.8 Å². The minimum absolute atomic E-state index is 0.0133. The van der Waals surface area contributed by atoms with Crippen LogP contribution >= 0.6 is 11.3 Å². The van der Waals surface area contributed by atoms with Gasteiger partial charge in [0.15, 0.2) is 6.61 Å². The Morgan fingerprint density at radius 3 is 2.96 bits per heavy atom. The first-order valence-corrected chi connectivity index (χ1v) is 9.82. The number of carbonyl (C=O) groups is 2. The van der Waals surface area contributed by atoms with E-state index >= 15 is 0 Å². The van der Waals surface area contributed by atoms with Crippen molar-refractivity contribution in [3.63, 3.8) is 0 Å². The van der Waals surface area contributed by atoms with Crippen LogP contribution in [0.2, 0.25) is 0 Å². The number of carbonyl (C=O) groups excluding carboxylic acids is 2. The van der Waals surface area contributed by atoms with Gasteiger partial charge in [-0.25, -0.2) is 9.78 Å². The van der Waals surface area contributed by atoms with E-state index in [4.69, 9.17) is 9.47 Å². The lowest BCUT2D eigenvalue weighted by Gasteiger charge is -2.30. The van der Waals surface area contributed by atoms with Gasteiger partial charge in [-0.05, 0) is 42.8 Å². The lowest BCUT2D eigenvalue weighted by Crippen LogP contribution is -2.38. The first-order chi connectivity index (χ1) is 13.7. The van der Waals surface area contributed by atoms with Crippen molar-refractivity contribution < 1.29 is 19.1 Å². The Morgan fingerprint density at radius 1 is 1.29 bits per heavy atom. The highest BCUT2D eigenvalue weighted by Crippen LogP contribution is 2.36. The maximum Gasteiger partial charge on any atom is 0.338 e. The highest BCUT2D eigenvalue weighted by atomic mass is 32.1. The zero-order chi connectivity index (χ0) is 19.5. The summed E-state index contributed by atoms with van der Waals surface area (Å²) in [5.41, 5.74) is 5.55. The normalized spacial score (nSPS) is 13.0. The number of esters is 1. The molecule has 6 nitrogen and oxygen atoms in total. The molecule has 1 aromatic heterocycles. The number of hydrogen-bond donors (Lipinski definition) is 0. The zero-order valence-corrected chi connectivity index (χ0v) is 16.1. The third kappa shape index (κ3) is 3.61. The van der Waals surface area contributed by atoms with Crippen molar-refractivity contribution in [3.05, 3.63) is 64.5 Å². The van der Waals surface area contributed by atoms with Crippen molar-refractivity contribution in [2.75, 3.05) is 18.1 Å². The van der Waals surface area contributed by atoms with Crippen LogP contribution in [0.15, 0.2) is 53.4 Å². The van der Waals surface area contributed by atoms with E-state index < -0.39 is 0 Å². The molecule has 28 heavy (non-hydrogen) atoms. The Morgan fingerprint density at radius 2 is 2.18 bits per heavy atom. The van der Waals surface area contributed by atoms with Gasteiger partial charge in [-0.1, -0.05) is 12.1 Å². The molecule has 0 aliphatic carbocycles. The molecular weight excluding hydrogens is 376 g/mol. The molecule has 3 aromatic rings. The number of benzene rings is 2. The van der Waals surface area contributed by atoms with Crippen molar-refractivity contribution in [3.8, 4) is 17.0 Å². The predicted molar refractivity (Wildman–Crippen MR) is 107 cm³/mol. The minimum Gasteiger partial charge on any atom is -0.482 e. The van der Waals surface area contributed by atoms with Gasteiger partial charge in [-0.2, -0.15) is 0 Å². The van der Waals surface area contributed by atoms with Crippen LogP contribution in [0.4, 0.5) is 5.69 Å². The SMILES string of the molecule is CCOC(=O)c1cccc(CN2C(=O)COc3ccc(-c4cscn4)cc32)c1. The molecule has 0 N–H and O–H groups in total. The van der Waals surface area contributed by atoms with Gasteiger partial charge >= 0.3 is 5.97 Å². The lowest BCUT2D eigenvalue weighted by atomic mass is 10.1. The topological polar surface area (TPSA) is 68.7 Å². The van der Waals surface area contributed by atoms with Crippen LogP contribution < -0.4 is 9.64 Å². The highest BCUT2D eigenvalue weighted by molar-refractivity contribution is 7.07. The highest BCUT2D eigenvalue weighted by Gasteiger charge is 2.26. The molecule has 0 fully saturated rings. The summed E-state index contributed by atoms with van der Waals surface area (Å²) in [6.07, 6.45) is 0. The Labute approximate surface area is 166 Å². The molecule has 1 aliphatic rings. The lowest BCUT2D eigenvalue weighted by molar-refractivity contribution is -0.121. The first-order valence-electron chi connectivity index (χ1n) is 8.87. The number of fused-ring (bicyclic) bond motifs is 1. The number of aromatic nitrogens is 1. The van der Waals surface area contributed by atoms with Crippen LogP contribution in [-0.2, 0) is 16.1 Å². The minimum atomic E-state index is -0.371. The molecule has 0 radical (unpaired) electrons. The number of rotatable bonds is 5. The smallest absolute Gasteiger partial charge is 0.338 e. The molecule has 2 aromatic carbocycles. The molecule has 2 heterocycles. The summed E-state index contributed by atoms with van der Waals surface area (Å²) in [6.45, 7) is 2.41. The fourth-order valence-electron chi connectivity index (χ4n) is 3.08. The second-order valence-corrected chi connectivity index (χ2v) is 6.96. The molecule has 0 atom stereocenters. The molecule has 0 bridgehead atoms. The van der Waals surface area contributed by atoms with Gasteiger partial charge in [-0.15, -0.1) is 11.3 Å². The third-order valence-electron chi connectivity index (χ3n) is 4.41. The number of ether oxygens (including phenoxy) is 2. The maximum atomic E-state index is 12.6. The van der Waals surface area contributed by atoms with E-state index in [9.17, 15) is 9.59 Å². The van der Waals surface area contributed by atoms with Crippen LogP contribution in [0.5, 0.6) is 5.75 Å². The summed E-state index contributed by atoms with van der Waals surface area (Å²) in [5, 5.41) is 1.96. The molecule has 1 amide bonds. The maximum absolute atomic E-state index is 12.6. The summed E-state index contributed by atoms with van der Waals surface area (Å²) in [5.74, 6) is 0.147. The van der Waals surface area contributed by atoms with E-state index in [1.807, 2.05) is 29.6 Å². The molecule has 142 valence electrons. The average molecular weight is 394 g/mol. The fourth-order valence-corrected chi connectivity index (χ4v) is 3.64. The van der Waals surface area contributed by atoms with Gasteiger partial charge in [0, 0.05) is 10.9 Å². The van der Waals surface area contributed by atoms with E-state index in [0.717, 1.165) is 16.8 Å². The van der Waals surface area contributed by atoms with Crippen LogP contribution in [0, 0.1) is 0 Å². The number of thiazole rings is 1. The van der Waals surface area contributed by atoms with E-state index in [1.54, 1.807) is 35.5 Å². The number of anilines is 1. The van der Waals surface area contributed by atoms with Crippen molar-refractivity contribution in [1.29, 1.82) is 0 Å². The molecule has 7 heteroatoms. The van der Waals surface area contributed by atoms with Crippen LogP contribution in [-0.4, -0.2) is 30.1 Å². The van der Waals surface area contributed by atoms with Crippen molar-refractivity contribution in [2.45, 2.75) is 13.5 Å². The molecule has 0 saturated carbocycles. The second kappa shape index (κ2) is 7.82. The summed E-state index contributed by atoms with van der Waals surface area (Å²) < 4.78 is 10.6. The second-order valence-electron chi connectivity index (χ2n) is 6.25. The summed E-state index contributed by atoms with van der Waals surface area (Å²) in [6, 6.07) is 12.8. The van der Waals surface area contributed by atoms with E-state index in [1.165, 1.54) is 11.3 Å². The Balaban J connectivity index is 1.66. The van der Waals surface area contributed by atoms with Crippen molar-refractivity contribution in [1.82, 2.24) is 4.98 Å². The number of hydrogen-bond acceptors (Lipinski definition) is 6. The van der Waals surface area contributed by atoms with Gasteiger partial charge in [0.05, 0.1) is 35.6 Å². The summed E-state index contributed by atoms with van der Waals surface area (Å²) in [4.78, 5) is 30.6. The molecule has 1 aliphatic heterocycles. The largest absolute Gasteiger partial charge is 0.482 e. The van der Waals surface area contributed by atoms with Crippen LogP contribution in [0.25, 0.3) is 11.3 Å². The van der Waals surface area contributed by atoms with Gasteiger partial charge in [-0.3, -0.25) is 4.79 Å². The quantitative estimate of drug-likeness (QED) is 0.614.